The third kappa shape index (κ3) is 2.51. The van der Waals surface area contributed by atoms with E-state index >= 15 is 0 Å². The first-order valence-electron chi connectivity index (χ1n) is 8.00. The molecule has 4 heteroatoms. The summed E-state index contributed by atoms with van der Waals surface area (Å²) in [6.45, 7) is 5.67. The average molecular weight is 278 g/mol. The van der Waals surface area contributed by atoms with Crippen molar-refractivity contribution >= 4 is 0 Å². The van der Waals surface area contributed by atoms with E-state index in [2.05, 4.69) is 12.0 Å². The van der Waals surface area contributed by atoms with Gasteiger partial charge in [0.15, 0.2) is 0 Å². The molecule has 1 N–H and O–H groups in total. The molecule has 2 heterocycles. The molecule has 0 bridgehead atoms. The molecule has 4 nitrogen and oxygen atoms in total. The van der Waals surface area contributed by atoms with Crippen molar-refractivity contribution in [2.24, 2.45) is 5.92 Å². The lowest BCUT2D eigenvalue weighted by Gasteiger charge is -2.40. The minimum Gasteiger partial charge on any atom is -0.387 e. The van der Waals surface area contributed by atoms with E-state index in [4.69, 9.17) is 4.74 Å². The van der Waals surface area contributed by atoms with Crippen molar-refractivity contribution in [3.05, 3.63) is 17.5 Å². The summed E-state index contributed by atoms with van der Waals surface area (Å²) in [7, 11) is 0. The maximum absolute atomic E-state index is 10.8. The lowest BCUT2D eigenvalue weighted by molar-refractivity contribution is -0.114. The normalized spacial score (nSPS) is 27.1. The molecule has 1 spiro atoms. The third-order valence-corrected chi connectivity index (χ3v) is 5.03. The molecule has 0 amide bonds. The fraction of sp³-hybridized carbons (Fsp3) is 0.812. The van der Waals surface area contributed by atoms with Crippen molar-refractivity contribution in [1.82, 2.24) is 9.78 Å². The highest BCUT2D eigenvalue weighted by Gasteiger charge is 2.42. The van der Waals surface area contributed by atoms with Crippen LogP contribution in [0.1, 0.15) is 62.9 Å². The summed E-state index contributed by atoms with van der Waals surface area (Å²) >= 11 is 0. The number of aliphatic hydroxyl groups is 1. The van der Waals surface area contributed by atoms with Crippen LogP contribution in [-0.2, 0) is 11.3 Å². The van der Waals surface area contributed by atoms with Crippen LogP contribution in [0.4, 0.5) is 0 Å². The van der Waals surface area contributed by atoms with Gasteiger partial charge in [0.2, 0.25) is 0 Å². The van der Waals surface area contributed by atoms with E-state index in [9.17, 15) is 5.11 Å². The fourth-order valence-corrected chi connectivity index (χ4v) is 4.00. The van der Waals surface area contributed by atoms with E-state index in [1.165, 1.54) is 25.7 Å². The van der Waals surface area contributed by atoms with Crippen LogP contribution in [0, 0.1) is 12.8 Å². The predicted molar refractivity (Wildman–Crippen MR) is 77.5 cm³/mol. The second kappa shape index (κ2) is 5.49. The quantitative estimate of drug-likeness (QED) is 0.924. The summed E-state index contributed by atoms with van der Waals surface area (Å²) in [5, 5.41) is 15.3. The van der Waals surface area contributed by atoms with Crippen LogP contribution in [-0.4, -0.2) is 27.1 Å². The lowest BCUT2D eigenvalue weighted by atomic mass is 9.81. The van der Waals surface area contributed by atoms with Crippen LogP contribution in [0.15, 0.2) is 6.07 Å². The number of aryl methyl sites for hydroxylation is 2. The number of aromatic nitrogens is 2. The van der Waals surface area contributed by atoms with Gasteiger partial charge in [-0.05, 0) is 51.5 Å². The van der Waals surface area contributed by atoms with Crippen molar-refractivity contribution in [2.75, 3.05) is 6.61 Å². The second-order valence-electron chi connectivity index (χ2n) is 6.46. The Labute approximate surface area is 121 Å². The highest BCUT2D eigenvalue weighted by atomic mass is 16.5. The van der Waals surface area contributed by atoms with E-state index in [1.807, 2.05) is 17.7 Å². The minimum absolute atomic E-state index is 0.0655. The first-order chi connectivity index (χ1) is 9.63. The zero-order valence-corrected chi connectivity index (χ0v) is 12.6. The third-order valence-electron chi connectivity index (χ3n) is 5.03. The summed E-state index contributed by atoms with van der Waals surface area (Å²) in [5.74, 6) is 0.309. The molecule has 20 heavy (non-hydrogen) atoms. The Kier molecular flexibility index (Phi) is 3.87. The number of aliphatic hydroxyl groups excluding tert-OH is 1. The first-order valence-corrected chi connectivity index (χ1v) is 8.00. The summed E-state index contributed by atoms with van der Waals surface area (Å²) in [6.07, 6.45) is 6.44. The van der Waals surface area contributed by atoms with Crippen molar-refractivity contribution < 1.29 is 9.84 Å². The van der Waals surface area contributed by atoms with Crippen LogP contribution in [0.25, 0.3) is 0 Å². The molecule has 0 radical (unpaired) electrons. The van der Waals surface area contributed by atoms with Crippen molar-refractivity contribution in [1.29, 1.82) is 0 Å². The monoisotopic (exact) mass is 278 g/mol. The number of rotatable bonds is 3. The van der Waals surface area contributed by atoms with E-state index in [1.54, 1.807) is 0 Å². The Morgan fingerprint density at radius 2 is 2.25 bits per heavy atom. The number of ether oxygens (including phenoxy) is 1. The molecule has 1 aromatic heterocycles. The highest BCUT2D eigenvalue weighted by molar-refractivity contribution is 5.13. The van der Waals surface area contributed by atoms with Gasteiger partial charge in [-0.25, -0.2) is 0 Å². The molecular weight excluding hydrogens is 252 g/mol. The summed E-state index contributed by atoms with van der Waals surface area (Å²) in [6, 6.07) is 2.03. The topological polar surface area (TPSA) is 47.3 Å². The summed E-state index contributed by atoms with van der Waals surface area (Å²) < 4.78 is 8.01. The first kappa shape index (κ1) is 14.1. The van der Waals surface area contributed by atoms with Gasteiger partial charge in [0.05, 0.1) is 23.1 Å². The molecule has 2 atom stereocenters. The van der Waals surface area contributed by atoms with Gasteiger partial charge in [0.25, 0.3) is 0 Å². The Hall–Kier alpha value is -0.870. The zero-order valence-electron chi connectivity index (χ0n) is 12.6. The molecule has 2 unspecified atom stereocenters. The second-order valence-corrected chi connectivity index (χ2v) is 6.46. The Balaban J connectivity index is 1.77. The standard InChI is InChI=1S/C16H26N2O2/c1-3-18-14(10-12(2)17-18)15(19)13-6-9-20-16(11-13)7-4-5-8-16/h10,13,15,19H,3-9,11H2,1-2H3. The maximum atomic E-state index is 10.8. The van der Waals surface area contributed by atoms with Crippen LogP contribution in [0.5, 0.6) is 0 Å². The van der Waals surface area contributed by atoms with Crippen LogP contribution in [0.2, 0.25) is 0 Å². The van der Waals surface area contributed by atoms with Gasteiger partial charge in [-0.1, -0.05) is 12.8 Å². The van der Waals surface area contributed by atoms with Crippen molar-refractivity contribution in [2.45, 2.75) is 70.6 Å². The maximum Gasteiger partial charge on any atom is 0.0986 e. The van der Waals surface area contributed by atoms with E-state index in [-0.39, 0.29) is 5.60 Å². The van der Waals surface area contributed by atoms with Gasteiger partial charge in [0, 0.05) is 13.2 Å². The van der Waals surface area contributed by atoms with Gasteiger partial charge < -0.3 is 9.84 Å². The molecular formula is C16H26N2O2. The number of hydrogen-bond donors (Lipinski definition) is 1. The minimum atomic E-state index is -0.405. The Morgan fingerprint density at radius 1 is 1.50 bits per heavy atom. The Bertz CT molecular complexity index is 463. The molecule has 1 aromatic rings. The zero-order chi connectivity index (χ0) is 14.2. The molecule has 1 saturated carbocycles. The molecule has 1 aliphatic carbocycles. The molecule has 3 rings (SSSR count). The highest BCUT2D eigenvalue weighted by Crippen LogP contribution is 2.45. The lowest BCUT2D eigenvalue weighted by Crippen LogP contribution is -2.39. The van der Waals surface area contributed by atoms with Gasteiger partial charge in [0.1, 0.15) is 0 Å². The van der Waals surface area contributed by atoms with Crippen molar-refractivity contribution in [3.8, 4) is 0 Å². The molecule has 1 saturated heterocycles. The van der Waals surface area contributed by atoms with E-state index in [0.29, 0.717) is 5.92 Å². The van der Waals surface area contributed by atoms with Crippen LogP contribution >= 0.6 is 0 Å². The van der Waals surface area contributed by atoms with Gasteiger partial charge in [-0.3, -0.25) is 4.68 Å². The summed E-state index contributed by atoms with van der Waals surface area (Å²) in [4.78, 5) is 0. The number of hydrogen-bond acceptors (Lipinski definition) is 3. The van der Waals surface area contributed by atoms with Crippen LogP contribution in [0.3, 0.4) is 0 Å². The number of nitrogens with zero attached hydrogens (tertiary/aromatic N) is 2. The smallest absolute Gasteiger partial charge is 0.0986 e. The van der Waals surface area contributed by atoms with Gasteiger partial charge in [-0.15, -0.1) is 0 Å². The largest absolute Gasteiger partial charge is 0.387 e. The van der Waals surface area contributed by atoms with Gasteiger partial charge >= 0.3 is 0 Å². The summed E-state index contributed by atoms with van der Waals surface area (Å²) in [5.41, 5.74) is 2.03. The van der Waals surface area contributed by atoms with E-state index < -0.39 is 6.10 Å². The van der Waals surface area contributed by atoms with Crippen molar-refractivity contribution in [3.63, 3.8) is 0 Å². The SMILES string of the molecule is CCn1nc(C)cc1C(O)C1CCOC2(CCCC2)C1. The molecule has 0 aromatic carbocycles. The Morgan fingerprint density at radius 3 is 2.95 bits per heavy atom. The van der Waals surface area contributed by atoms with E-state index in [0.717, 1.165) is 37.4 Å². The van der Waals surface area contributed by atoms with Gasteiger partial charge in [-0.2, -0.15) is 5.10 Å². The molecule has 112 valence electrons. The van der Waals surface area contributed by atoms with Crippen LogP contribution < -0.4 is 0 Å². The predicted octanol–water partition coefficient (Wildman–Crippen LogP) is 2.98. The molecule has 2 aliphatic rings. The molecule has 1 aliphatic heterocycles. The fourth-order valence-electron chi connectivity index (χ4n) is 4.00. The average Bonchev–Trinajstić information content (AvgIpc) is 3.05. The molecule has 2 fully saturated rings.